The van der Waals surface area contributed by atoms with E-state index in [1.807, 2.05) is 18.2 Å². The summed E-state index contributed by atoms with van der Waals surface area (Å²) < 4.78 is 0. The van der Waals surface area contributed by atoms with Gasteiger partial charge in [-0.1, -0.05) is 0 Å². The van der Waals surface area contributed by atoms with E-state index in [0.29, 0.717) is 24.2 Å². The Hall–Kier alpha value is -2.74. The molecule has 2 aromatic heterocycles. The summed E-state index contributed by atoms with van der Waals surface area (Å²) in [4.78, 5) is 27.1. The summed E-state index contributed by atoms with van der Waals surface area (Å²) in [6.07, 6.45) is 3.79. The van der Waals surface area contributed by atoms with E-state index in [1.165, 1.54) is 0 Å². The Morgan fingerprint density at radius 3 is 2.93 bits per heavy atom. The number of urea groups is 1. The topological polar surface area (TPSA) is 79.5 Å². The Morgan fingerprint density at radius 1 is 1.30 bits per heavy atom. The van der Waals surface area contributed by atoms with Crippen LogP contribution in [0, 0.1) is 0 Å². The number of carbonyl (C=O) groups is 1. The second kappa shape index (κ2) is 7.48. The number of hydrogen-bond acceptors (Lipinski definition) is 5. The van der Waals surface area contributed by atoms with Gasteiger partial charge in [-0.25, -0.2) is 9.78 Å². The largest absolute Gasteiger partial charge is 0.382 e. The zero-order valence-electron chi connectivity index (χ0n) is 15.9. The van der Waals surface area contributed by atoms with E-state index < -0.39 is 0 Å². The number of H-pyrrole nitrogens is 1. The molecule has 0 saturated carbocycles. The van der Waals surface area contributed by atoms with Gasteiger partial charge in [-0.3, -0.25) is 10.2 Å². The van der Waals surface area contributed by atoms with Crippen LogP contribution < -0.4 is 20.4 Å². The molecule has 3 N–H and O–H groups in total. The van der Waals surface area contributed by atoms with Gasteiger partial charge in [0.15, 0.2) is 5.82 Å². The Labute approximate surface area is 159 Å². The molecule has 0 radical (unpaired) electrons. The third-order valence-electron chi connectivity index (χ3n) is 5.29. The number of aromatic amines is 1. The average Bonchev–Trinajstić information content (AvgIpc) is 3.30. The smallest absolute Gasteiger partial charge is 0.328 e. The highest BCUT2D eigenvalue weighted by atomic mass is 16.2. The lowest BCUT2D eigenvalue weighted by Gasteiger charge is -2.25. The van der Waals surface area contributed by atoms with Crippen molar-refractivity contribution in [3.8, 4) is 0 Å². The lowest BCUT2D eigenvalue weighted by molar-refractivity contribution is 0.256. The van der Waals surface area contributed by atoms with Crippen LogP contribution in [-0.4, -0.2) is 67.2 Å². The zero-order chi connectivity index (χ0) is 18.8. The highest BCUT2D eigenvalue weighted by Crippen LogP contribution is 2.31. The van der Waals surface area contributed by atoms with Crippen molar-refractivity contribution in [3.05, 3.63) is 30.5 Å². The standard InChI is InChI=1S/C19H27N7O/c1-24(2)14-8-12-25(13-14)17-7-6-15-18(23-17)26(11-4-10-20-15)19(27)22-16-5-3-9-21-16/h3,5-7,9,14,20-21H,4,8,10-13H2,1-2H3,(H,22,27)/t14-/m0/s1. The van der Waals surface area contributed by atoms with Gasteiger partial charge in [-0.2, -0.15) is 0 Å². The summed E-state index contributed by atoms with van der Waals surface area (Å²) in [5.41, 5.74) is 0.904. The maximum Gasteiger partial charge on any atom is 0.328 e. The van der Waals surface area contributed by atoms with Crippen molar-refractivity contribution in [2.75, 3.05) is 60.7 Å². The highest BCUT2D eigenvalue weighted by molar-refractivity contribution is 6.02. The van der Waals surface area contributed by atoms with Gasteiger partial charge < -0.3 is 20.1 Å². The van der Waals surface area contributed by atoms with Crippen LogP contribution in [0.4, 0.5) is 27.9 Å². The molecule has 1 saturated heterocycles. The van der Waals surface area contributed by atoms with Gasteiger partial charge >= 0.3 is 6.03 Å². The first kappa shape index (κ1) is 17.7. The molecule has 1 fully saturated rings. The van der Waals surface area contributed by atoms with E-state index in [9.17, 15) is 4.79 Å². The molecule has 4 rings (SSSR count). The van der Waals surface area contributed by atoms with E-state index in [1.54, 1.807) is 11.1 Å². The molecule has 0 aliphatic carbocycles. The van der Waals surface area contributed by atoms with Crippen LogP contribution in [-0.2, 0) is 0 Å². The molecule has 8 heteroatoms. The summed E-state index contributed by atoms with van der Waals surface area (Å²) in [6, 6.07) is 8.16. The highest BCUT2D eigenvalue weighted by Gasteiger charge is 2.28. The summed E-state index contributed by atoms with van der Waals surface area (Å²) in [5.74, 6) is 2.31. The van der Waals surface area contributed by atoms with Gasteiger partial charge in [0.1, 0.15) is 11.6 Å². The number of pyridine rings is 1. The van der Waals surface area contributed by atoms with Crippen molar-refractivity contribution < 1.29 is 4.79 Å². The number of anilines is 4. The summed E-state index contributed by atoms with van der Waals surface area (Å²) in [6.45, 7) is 3.40. The first-order valence-corrected chi connectivity index (χ1v) is 9.50. The molecule has 1 atom stereocenters. The minimum atomic E-state index is -0.167. The molecule has 0 bridgehead atoms. The third-order valence-corrected chi connectivity index (χ3v) is 5.29. The van der Waals surface area contributed by atoms with E-state index in [0.717, 1.165) is 44.0 Å². The predicted molar refractivity (Wildman–Crippen MR) is 109 cm³/mol. The predicted octanol–water partition coefficient (Wildman–Crippen LogP) is 2.40. The van der Waals surface area contributed by atoms with Crippen LogP contribution in [0.5, 0.6) is 0 Å². The van der Waals surface area contributed by atoms with Gasteiger partial charge in [-0.05, 0) is 51.2 Å². The lowest BCUT2D eigenvalue weighted by Crippen LogP contribution is -2.36. The lowest BCUT2D eigenvalue weighted by atomic mass is 10.2. The number of nitrogens with one attached hydrogen (secondary N) is 3. The molecule has 0 aromatic carbocycles. The second-order valence-electron chi connectivity index (χ2n) is 7.34. The third kappa shape index (κ3) is 3.71. The monoisotopic (exact) mass is 369 g/mol. The Kier molecular flexibility index (Phi) is 4.89. The number of likely N-dealkylation sites (N-methyl/N-ethyl adjacent to an activating group) is 1. The average molecular weight is 369 g/mol. The fraction of sp³-hybridized carbons (Fsp3) is 0.474. The quantitative estimate of drug-likeness (QED) is 0.774. The number of amides is 2. The molecule has 0 unspecified atom stereocenters. The normalized spacial score (nSPS) is 19.6. The van der Waals surface area contributed by atoms with Crippen LogP contribution in [0.25, 0.3) is 0 Å². The van der Waals surface area contributed by atoms with Crippen LogP contribution in [0.3, 0.4) is 0 Å². The maximum absolute atomic E-state index is 12.9. The van der Waals surface area contributed by atoms with Gasteiger partial charge in [-0.15, -0.1) is 0 Å². The van der Waals surface area contributed by atoms with E-state index >= 15 is 0 Å². The van der Waals surface area contributed by atoms with Crippen LogP contribution >= 0.6 is 0 Å². The Morgan fingerprint density at radius 2 is 2.19 bits per heavy atom. The first-order valence-electron chi connectivity index (χ1n) is 9.50. The number of rotatable bonds is 3. The molecule has 2 amide bonds. The maximum atomic E-state index is 12.9. The first-order chi connectivity index (χ1) is 13.1. The molecule has 4 heterocycles. The SMILES string of the molecule is CN(C)[C@H]1CCN(c2ccc3c(n2)N(C(=O)Nc2ccc[nH]2)CCCN3)C1. The van der Waals surface area contributed by atoms with E-state index in [4.69, 9.17) is 4.98 Å². The molecular weight excluding hydrogens is 342 g/mol. The van der Waals surface area contributed by atoms with Gasteiger partial charge in [0.25, 0.3) is 0 Å². The Bertz CT molecular complexity index is 789. The van der Waals surface area contributed by atoms with Crippen molar-refractivity contribution in [1.29, 1.82) is 0 Å². The van der Waals surface area contributed by atoms with Gasteiger partial charge in [0.2, 0.25) is 0 Å². The number of fused-ring (bicyclic) bond motifs is 1. The number of nitrogens with zero attached hydrogens (tertiary/aromatic N) is 4. The number of aromatic nitrogens is 2. The summed E-state index contributed by atoms with van der Waals surface area (Å²) in [7, 11) is 4.24. The van der Waals surface area contributed by atoms with Gasteiger partial charge in [0, 0.05) is 38.4 Å². The van der Waals surface area contributed by atoms with Crippen molar-refractivity contribution in [2.24, 2.45) is 0 Å². The zero-order valence-corrected chi connectivity index (χ0v) is 15.9. The van der Waals surface area contributed by atoms with Crippen molar-refractivity contribution >= 4 is 29.2 Å². The fourth-order valence-corrected chi connectivity index (χ4v) is 3.68. The van der Waals surface area contributed by atoms with E-state index in [-0.39, 0.29) is 6.03 Å². The van der Waals surface area contributed by atoms with Crippen LogP contribution in [0.1, 0.15) is 12.8 Å². The van der Waals surface area contributed by atoms with Crippen LogP contribution in [0.15, 0.2) is 30.5 Å². The minimum Gasteiger partial charge on any atom is -0.382 e. The number of carbonyl (C=O) groups excluding carboxylic acids is 1. The fourth-order valence-electron chi connectivity index (χ4n) is 3.68. The molecule has 2 aliphatic rings. The van der Waals surface area contributed by atoms with Crippen molar-refractivity contribution in [2.45, 2.75) is 18.9 Å². The molecule has 0 spiro atoms. The molecule has 2 aromatic rings. The van der Waals surface area contributed by atoms with Crippen LogP contribution in [0.2, 0.25) is 0 Å². The molecule has 2 aliphatic heterocycles. The summed E-state index contributed by atoms with van der Waals surface area (Å²) >= 11 is 0. The molecule has 144 valence electrons. The second-order valence-corrected chi connectivity index (χ2v) is 7.34. The van der Waals surface area contributed by atoms with Crippen molar-refractivity contribution in [3.63, 3.8) is 0 Å². The van der Waals surface area contributed by atoms with Gasteiger partial charge in [0.05, 0.1) is 5.69 Å². The molecule has 27 heavy (non-hydrogen) atoms. The van der Waals surface area contributed by atoms with Crippen molar-refractivity contribution in [1.82, 2.24) is 14.9 Å². The summed E-state index contributed by atoms with van der Waals surface area (Å²) in [5, 5.41) is 6.31. The molecule has 8 nitrogen and oxygen atoms in total. The number of hydrogen-bond donors (Lipinski definition) is 3. The van der Waals surface area contributed by atoms with E-state index in [2.05, 4.69) is 45.6 Å². The molecular formula is C19H27N7O. The Balaban J connectivity index is 1.58. The minimum absolute atomic E-state index is 0.167.